The first-order valence-corrected chi connectivity index (χ1v) is 8.58. The van der Waals surface area contributed by atoms with E-state index in [0.717, 1.165) is 24.8 Å². The van der Waals surface area contributed by atoms with Crippen molar-refractivity contribution in [2.24, 2.45) is 5.41 Å². The summed E-state index contributed by atoms with van der Waals surface area (Å²) in [6.07, 6.45) is -4.86. The van der Waals surface area contributed by atoms with Crippen LogP contribution in [0.25, 0.3) is 0 Å². The first-order valence-electron chi connectivity index (χ1n) is 8.58. The predicted molar refractivity (Wildman–Crippen MR) is 91.6 cm³/mol. The zero-order valence-electron chi connectivity index (χ0n) is 15.3. The van der Waals surface area contributed by atoms with Gasteiger partial charge in [-0.3, -0.25) is 34.2 Å². The number of carbonyl (C=O) groups excluding carboxylic acids is 5. The Bertz CT molecular complexity index is 955. The average Bonchev–Trinajstić information content (AvgIpc) is 2.85. The summed E-state index contributed by atoms with van der Waals surface area (Å²) in [6.45, 7) is 1.43. The van der Waals surface area contributed by atoms with Gasteiger partial charge in [0.25, 0.3) is 11.8 Å². The second-order valence-corrected chi connectivity index (χ2v) is 7.28. The van der Waals surface area contributed by atoms with Crippen LogP contribution >= 0.6 is 0 Å². The van der Waals surface area contributed by atoms with Gasteiger partial charge in [0.05, 0.1) is 11.1 Å². The molecule has 8 nitrogen and oxygen atoms in total. The number of anilines is 1. The number of benzene rings is 1. The SMILES string of the molecule is CC(C)(C(=O)Nc1ccc2c(c1)C(=O)N(C1CCC(=O)NC1=O)C2=O)C(F)(F)F. The Morgan fingerprint density at radius 2 is 1.72 bits per heavy atom. The van der Waals surface area contributed by atoms with Crippen molar-refractivity contribution in [2.75, 3.05) is 5.32 Å². The number of halogens is 3. The molecule has 3 rings (SSSR count). The Kier molecular flexibility index (Phi) is 4.72. The second-order valence-electron chi connectivity index (χ2n) is 7.28. The van der Waals surface area contributed by atoms with Crippen LogP contribution in [0.5, 0.6) is 0 Å². The zero-order valence-corrected chi connectivity index (χ0v) is 15.3. The first-order chi connectivity index (χ1) is 13.3. The van der Waals surface area contributed by atoms with E-state index in [2.05, 4.69) is 10.6 Å². The fourth-order valence-electron chi connectivity index (χ4n) is 2.96. The van der Waals surface area contributed by atoms with Gasteiger partial charge in [-0.1, -0.05) is 0 Å². The summed E-state index contributed by atoms with van der Waals surface area (Å²) < 4.78 is 39.0. The molecular formula is C18H16F3N3O5. The number of nitrogens with zero attached hydrogens (tertiary/aromatic N) is 1. The lowest BCUT2D eigenvalue weighted by Gasteiger charge is -2.27. The van der Waals surface area contributed by atoms with Crippen molar-refractivity contribution in [2.45, 2.75) is 38.9 Å². The van der Waals surface area contributed by atoms with Crippen molar-refractivity contribution in [3.05, 3.63) is 29.3 Å². The largest absolute Gasteiger partial charge is 0.402 e. The van der Waals surface area contributed by atoms with Crippen molar-refractivity contribution >= 4 is 35.2 Å². The molecule has 1 unspecified atom stereocenters. The van der Waals surface area contributed by atoms with E-state index in [4.69, 9.17) is 0 Å². The van der Waals surface area contributed by atoms with Crippen LogP contribution in [0.3, 0.4) is 0 Å². The van der Waals surface area contributed by atoms with E-state index < -0.39 is 47.2 Å². The van der Waals surface area contributed by atoms with Gasteiger partial charge < -0.3 is 5.32 Å². The molecule has 2 heterocycles. The Morgan fingerprint density at radius 3 is 2.31 bits per heavy atom. The van der Waals surface area contributed by atoms with Gasteiger partial charge in [-0.2, -0.15) is 13.2 Å². The van der Waals surface area contributed by atoms with Gasteiger partial charge in [0.1, 0.15) is 11.5 Å². The number of hydrogen-bond acceptors (Lipinski definition) is 5. The normalized spacial score (nSPS) is 19.9. The van der Waals surface area contributed by atoms with Crippen LogP contribution in [-0.2, 0) is 14.4 Å². The van der Waals surface area contributed by atoms with Crippen LogP contribution in [0.1, 0.15) is 47.4 Å². The van der Waals surface area contributed by atoms with Crippen molar-refractivity contribution in [3.63, 3.8) is 0 Å². The summed E-state index contributed by atoms with van der Waals surface area (Å²) in [7, 11) is 0. The number of amides is 5. The number of carbonyl (C=O) groups is 5. The molecule has 2 N–H and O–H groups in total. The standard InChI is InChI=1S/C18H16F3N3O5/c1-17(2,18(19,20)21)16(29)22-8-3-4-9-10(7-8)15(28)24(14(9)27)11-5-6-12(25)23-13(11)26/h3-4,7,11H,5-6H2,1-2H3,(H,22,29)(H,23,25,26). The molecule has 29 heavy (non-hydrogen) atoms. The number of alkyl halides is 3. The Labute approximate surface area is 162 Å². The molecule has 0 saturated carbocycles. The van der Waals surface area contributed by atoms with E-state index in [-0.39, 0.29) is 29.7 Å². The van der Waals surface area contributed by atoms with Gasteiger partial charge in [0.15, 0.2) is 0 Å². The topological polar surface area (TPSA) is 113 Å². The van der Waals surface area contributed by atoms with E-state index in [1.54, 1.807) is 0 Å². The van der Waals surface area contributed by atoms with Crippen molar-refractivity contribution in [1.29, 1.82) is 0 Å². The van der Waals surface area contributed by atoms with Gasteiger partial charge in [-0.05, 0) is 38.5 Å². The van der Waals surface area contributed by atoms with Crippen LogP contribution in [0.15, 0.2) is 18.2 Å². The summed E-state index contributed by atoms with van der Waals surface area (Å²) in [6, 6.07) is 2.31. The smallest absolute Gasteiger partial charge is 0.325 e. The molecule has 0 bridgehead atoms. The fraction of sp³-hybridized carbons (Fsp3) is 0.389. The molecule has 0 aromatic heterocycles. The van der Waals surface area contributed by atoms with Gasteiger partial charge in [0.2, 0.25) is 17.7 Å². The molecule has 1 fully saturated rings. The number of hydrogen-bond donors (Lipinski definition) is 2. The molecule has 0 radical (unpaired) electrons. The molecule has 1 aromatic carbocycles. The minimum Gasteiger partial charge on any atom is -0.325 e. The molecule has 2 aliphatic rings. The van der Waals surface area contributed by atoms with E-state index in [9.17, 15) is 37.1 Å². The number of nitrogens with one attached hydrogen (secondary N) is 2. The molecule has 0 spiro atoms. The highest BCUT2D eigenvalue weighted by Crippen LogP contribution is 2.38. The number of rotatable bonds is 3. The van der Waals surface area contributed by atoms with E-state index >= 15 is 0 Å². The summed E-state index contributed by atoms with van der Waals surface area (Å²) in [4.78, 5) is 61.3. The van der Waals surface area contributed by atoms with Gasteiger partial charge in [-0.25, -0.2) is 0 Å². The minimum atomic E-state index is -4.79. The maximum atomic E-state index is 13.0. The minimum absolute atomic E-state index is 0.0283. The Hall–Kier alpha value is -3.24. The van der Waals surface area contributed by atoms with E-state index in [0.29, 0.717) is 0 Å². The highest BCUT2D eigenvalue weighted by Gasteiger charge is 2.53. The van der Waals surface area contributed by atoms with E-state index in [1.165, 1.54) is 12.1 Å². The monoisotopic (exact) mass is 411 g/mol. The van der Waals surface area contributed by atoms with Crippen LogP contribution < -0.4 is 10.6 Å². The van der Waals surface area contributed by atoms with Crippen LogP contribution in [-0.4, -0.2) is 46.7 Å². The summed E-state index contributed by atoms with van der Waals surface area (Å²) in [5, 5.41) is 4.15. The number of fused-ring (bicyclic) bond motifs is 1. The molecular weight excluding hydrogens is 395 g/mol. The summed E-state index contributed by atoms with van der Waals surface area (Å²) in [5.41, 5.74) is -2.97. The van der Waals surface area contributed by atoms with Crippen molar-refractivity contribution in [3.8, 4) is 0 Å². The fourth-order valence-corrected chi connectivity index (χ4v) is 2.96. The predicted octanol–water partition coefficient (Wildman–Crippen LogP) is 1.61. The quantitative estimate of drug-likeness (QED) is 0.734. The van der Waals surface area contributed by atoms with Crippen LogP contribution in [0.2, 0.25) is 0 Å². The Morgan fingerprint density at radius 1 is 1.10 bits per heavy atom. The highest BCUT2D eigenvalue weighted by atomic mass is 19.4. The first kappa shape index (κ1) is 20.5. The molecule has 154 valence electrons. The third-order valence-electron chi connectivity index (χ3n) is 4.97. The van der Waals surface area contributed by atoms with Gasteiger partial charge in [-0.15, -0.1) is 0 Å². The Balaban J connectivity index is 1.85. The highest BCUT2D eigenvalue weighted by molar-refractivity contribution is 6.24. The van der Waals surface area contributed by atoms with Crippen molar-refractivity contribution in [1.82, 2.24) is 10.2 Å². The van der Waals surface area contributed by atoms with E-state index in [1.807, 2.05) is 0 Å². The molecule has 11 heteroatoms. The van der Waals surface area contributed by atoms with Crippen molar-refractivity contribution < 1.29 is 37.1 Å². The summed E-state index contributed by atoms with van der Waals surface area (Å²) in [5.74, 6) is -4.21. The maximum Gasteiger partial charge on any atom is 0.402 e. The third-order valence-corrected chi connectivity index (χ3v) is 4.97. The van der Waals surface area contributed by atoms with Gasteiger partial charge >= 0.3 is 6.18 Å². The average molecular weight is 411 g/mol. The zero-order chi connectivity index (χ0) is 21.7. The lowest BCUT2D eigenvalue weighted by atomic mass is 9.91. The van der Waals surface area contributed by atoms with Crippen LogP contribution in [0.4, 0.5) is 18.9 Å². The third kappa shape index (κ3) is 3.36. The molecule has 1 aromatic rings. The molecule has 2 aliphatic heterocycles. The summed E-state index contributed by atoms with van der Waals surface area (Å²) >= 11 is 0. The number of piperidine rings is 1. The lowest BCUT2D eigenvalue weighted by Crippen LogP contribution is -2.54. The molecule has 0 aliphatic carbocycles. The van der Waals surface area contributed by atoms with Gasteiger partial charge in [0, 0.05) is 12.1 Å². The van der Waals surface area contributed by atoms with Crippen LogP contribution in [0, 0.1) is 5.41 Å². The maximum absolute atomic E-state index is 13.0. The number of imide groups is 2. The molecule has 1 saturated heterocycles. The molecule has 1 atom stereocenters. The lowest BCUT2D eigenvalue weighted by molar-refractivity contribution is -0.208. The second kappa shape index (κ2) is 6.68. The molecule has 5 amide bonds.